The highest BCUT2D eigenvalue weighted by Crippen LogP contribution is 2.20. The van der Waals surface area contributed by atoms with Gasteiger partial charge in [0.05, 0.1) is 22.5 Å². The van der Waals surface area contributed by atoms with Crippen LogP contribution in [0.1, 0.15) is 69.6 Å². The molecule has 0 saturated heterocycles. The van der Waals surface area contributed by atoms with Gasteiger partial charge in [0.25, 0.3) is 0 Å². The van der Waals surface area contributed by atoms with E-state index in [1.165, 1.54) is 14.8 Å². The van der Waals surface area contributed by atoms with Gasteiger partial charge >= 0.3 is 0 Å². The molecule has 1 aromatic heterocycles. The summed E-state index contributed by atoms with van der Waals surface area (Å²) in [5.74, 6) is -3.75. The summed E-state index contributed by atoms with van der Waals surface area (Å²) in [6.45, 7) is 5.34. The molecule has 3 rings (SSSR count). The molecule has 5 N–H and O–H groups in total. The summed E-state index contributed by atoms with van der Waals surface area (Å²) in [4.78, 5) is 29.0. The Kier molecular flexibility index (Phi) is 16.0. The number of aliphatic hydroxyl groups is 1. The summed E-state index contributed by atoms with van der Waals surface area (Å²) in [5, 5.41) is 24.7. The second kappa shape index (κ2) is 19.4. The van der Waals surface area contributed by atoms with Gasteiger partial charge in [0.15, 0.2) is 13.8 Å². The number of benzene rings is 2. The fourth-order valence-electron chi connectivity index (χ4n) is 5.82. The fourth-order valence-corrected chi connectivity index (χ4v) is 8.95. The van der Waals surface area contributed by atoms with E-state index in [1.54, 1.807) is 6.07 Å². The molecule has 3 atom stereocenters. The summed E-state index contributed by atoms with van der Waals surface area (Å²) in [6, 6.07) is 7.81. The van der Waals surface area contributed by atoms with Crippen molar-refractivity contribution in [3.63, 3.8) is 0 Å². The molecule has 0 aliphatic heterocycles. The Balaban J connectivity index is 1.96. The monoisotopic (exact) mass is 754 g/mol. The number of rotatable bonds is 20. The molecular formula is C35H48F2N4O6S3. The summed E-state index contributed by atoms with van der Waals surface area (Å²) in [6.07, 6.45) is 1.03. The van der Waals surface area contributed by atoms with Crippen LogP contribution in [0.5, 0.6) is 5.88 Å². The highest BCUT2D eigenvalue weighted by Gasteiger charge is 2.35. The van der Waals surface area contributed by atoms with E-state index in [-0.39, 0.29) is 43.9 Å². The number of nitrogens with zero attached hydrogens (tertiary/aromatic N) is 2. The molecule has 0 spiro atoms. The minimum absolute atomic E-state index is 0.00369. The van der Waals surface area contributed by atoms with Gasteiger partial charge in [0, 0.05) is 38.2 Å². The number of aryl methyl sites for hydroxylation is 1. The number of nitrogens with one attached hydrogen (secondary N) is 1. The van der Waals surface area contributed by atoms with Gasteiger partial charge in [-0.05, 0) is 66.7 Å². The van der Waals surface area contributed by atoms with Crippen molar-refractivity contribution in [1.82, 2.24) is 14.8 Å². The first-order valence-corrected chi connectivity index (χ1v) is 19.8. The zero-order valence-corrected chi connectivity index (χ0v) is 31.1. The summed E-state index contributed by atoms with van der Waals surface area (Å²) >= 11 is 6.34. The van der Waals surface area contributed by atoms with Crippen molar-refractivity contribution in [1.29, 1.82) is 0 Å². The summed E-state index contributed by atoms with van der Waals surface area (Å²) in [7, 11) is -3.90. The molecular weight excluding hydrogens is 707 g/mol. The number of sulfone groups is 1. The fraction of sp³-hybridized carbons (Fsp3) is 0.514. The van der Waals surface area contributed by atoms with Crippen LogP contribution in [0.15, 0.2) is 47.8 Å². The van der Waals surface area contributed by atoms with Crippen molar-refractivity contribution in [3.8, 4) is 5.88 Å². The number of carbonyl (C=O) groups is 2. The quantitative estimate of drug-likeness (QED) is 0.117. The van der Waals surface area contributed by atoms with Gasteiger partial charge in [-0.3, -0.25) is 14.2 Å². The number of thiazole rings is 1. The number of aromatic hydroxyl groups is 1. The first kappa shape index (κ1) is 41.2. The Morgan fingerprint density at radius 3 is 2.26 bits per heavy atom. The van der Waals surface area contributed by atoms with E-state index in [9.17, 15) is 37.0 Å². The van der Waals surface area contributed by atoms with E-state index in [0.29, 0.717) is 35.2 Å². The van der Waals surface area contributed by atoms with Crippen LogP contribution >= 0.6 is 23.6 Å². The molecule has 10 nitrogen and oxygen atoms in total. The topological polar surface area (TPSA) is 155 Å². The predicted molar refractivity (Wildman–Crippen MR) is 194 cm³/mol. The molecule has 15 heteroatoms. The number of aliphatic hydroxyl groups excluding tert-OH is 1. The summed E-state index contributed by atoms with van der Waals surface area (Å²) in [5.41, 5.74) is 8.19. The van der Waals surface area contributed by atoms with Gasteiger partial charge in [0.1, 0.15) is 17.7 Å². The lowest BCUT2D eigenvalue weighted by Crippen LogP contribution is -2.55. The third-order valence-corrected chi connectivity index (χ3v) is 12.0. The van der Waals surface area contributed by atoms with Crippen LogP contribution in [0.4, 0.5) is 8.78 Å². The molecule has 0 bridgehead atoms. The lowest BCUT2D eigenvalue weighted by Gasteiger charge is -2.32. The Labute approximate surface area is 302 Å². The maximum Gasteiger partial charge on any atom is 0.246 e. The molecule has 1 heterocycles. The second-order valence-electron chi connectivity index (χ2n) is 12.5. The van der Waals surface area contributed by atoms with Crippen LogP contribution in [-0.4, -0.2) is 75.6 Å². The van der Waals surface area contributed by atoms with Crippen LogP contribution in [-0.2, 0) is 45.4 Å². The molecule has 0 aliphatic carbocycles. The van der Waals surface area contributed by atoms with Gasteiger partial charge in [-0.1, -0.05) is 57.9 Å². The smallest absolute Gasteiger partial charge is 0.246 e. The molecule has 276 valence electrons. The molecule has 50 heavy (non-hydrogen) atoms. The van der Waals surface area contributed by atoms with Gasteiger partial charge in [0.2, 0.25) is 17.7 Å². The Hall–Kier alpha value is -3.24. The number of nitrogens with two attached hydrogens (primary N) is 1. The molecule has 0 fully saturated rings. The molecule has 3 aromatic rings. The predicted octanol–water partition coefficient (Wildman–Crippen LogP) is 5.04. The van der Waals surface area contributed by atoms with Crippen molar-refractivity contribution < 1.29 is 37.0 Å². The van der Waals surface area contributed by atoms with Crippen LogP contribution in [0.3, 0.4) is 0 Å². The van der Waals surface area contributed by atoms with Crippen molar-refractivity contribution in [3.05, 3.63) is 80.1 Å². The van der Waals surface area contributed by atoms with Crippen molar-refractivity contribution >= 4 is 45.2 Å². The standard InChI is InChI=1S/C35H48F2N4O6S3/c1-4-8-28(9-5-2)50(46,47)22-30(39-32(43)12-13-41-33(44)21-49-35(41)48)34(45)40(19-24-11-7-10-23(6-3)14-24)20-31(42)29(38)17-25-15-26(36)18-27(37)16-25/h7,10-11,14-16,18,21,28-31,42,44H,4-6,8-9,12-13,17,19-20,22,38H2,1-3H3,(H,39,43)/t29-,30-,31+/m0/s1. The normalized spacial score (nSPS) is 13.6. The Bertz CT molecular complexity index is 1720. The van der Waals surface area contributed by atoms with E-state index in [0.717, 1.165) is 41.5 Å². The van der Waals surface area contributed by atoms with Crippen LogP contribution in [0.2, 0.25) is 0 Å². The maximum absolute atomic E-state index is 14.4. The van der Waals surface area contributed by atoms with E-state index in [2.05, 4.69) is 5.32 Å². The second-order valence-corrected chi connectivity index (χ2v) is 16.3. The Morgan fingerprint density at radius 2 is 1.68 bits per heavy atom. The van der Waals surface area contributed by atoms with Gasteiger partial charge < -0.3 is 26.2 Å². The average Bonchev–Trinajstić information content (AvgIpc) is 3.38. The summed E-state index contributed by atoms with van der Waals surface area (Å²) < 4.78 is 57.0. The van der Waals surface area contributed by atoms with Crippen LogP contribution < -0.4 is 11.1 Å². The van der Waals surface area contributed by atoms with Crippen molar-refractivity contribution in [2.24, 2.45) is 5.73 Å². The number of hydrogen-bond acceptors (Lipinski definition) is 9. The molecule has 2 amide bonds. The zero-order chi connectivity index (χ0) is 37.0. The number of aromatic nitrogens is 1. The largest absolute Gasteiger partial charge is 0.494 e. The third kappa shape index (κ3) is 12.2. The lowest BCUT2D eigenvalue weighted by molar-refractivity contribution is -0.137. The first-order chi connectivity index (χ1) is 23.7. The minimum Gasteiger partial charge on any atom is -0.494 e. The first-order valence-electron chi connectivity index (χ1n) is 16.8. The highest BCUT2D eigenvalue weighted by molar-refractivity contribution is 7.92. The molecule has 0 radical (unpaired) electrons. The number of halogens is 2. The van der Waals surface area contributed by atoms with Gasteiger partial charge in [-0.15, -0.1) is 11.3 Å². The number of hydrogen-bond donors (Lipinski definition) is 4. The van der Waals surface area contributed by atoms with Crippen molar-refractivity contribution in [2.75, 3.05) is 12.3 Å². The lowest BCUT2D eigenvalue weighted by atomic mass is 10.0. The number of amides is 2. The maximum atomic E-state index is 14.4. The highest BCUT2D eigenvalue weighted by atomic mass is 32.2. The van der Waals surface area contributed by atoms with Crippen LogP contribution in [0, 0.1) is 15.6 Å². The van der Waals surface area contributed by atoms with Crippen LogP contribution in [0.25, 0.3) is 0 Å². The SMILES string of the molecule is CCCC(CCC)S(=O)(=O)C[C@H](NC(=O)CCn1c(O)csc1=S)C(=O)N(Cc1cccc(CC)c1)C[C@@H](O)[C@@H](N)Cc1cc(F)cc(F)c1. The van der Waals surface area contributed by atoms with E-state index in [4.69, 9.17) is 18.0 Å². The van der Waals surface area contributed by atoms with E-state index in [1.807, 2.05) is 39.0 Å². The zero-order valence-electron chi connectivity index (χ0n) is 28.7. The molecule has 0 unspecified atom stereocenters. The van der Waals surface area contributed by atoms with Gasteiger partial charge in [-0.25, -0.2) is 17.2 Å². The average molecular weight is 755 g/mol. The Morgan fingerprint density at radius 1 is 1.04 bits per heavy atom. The van der Waals surface area contributed by atoms with Crippen molar-refractivity contribution in [2.45, 2.75) is 102 Å². The minimum atomic E-state index is -3.90. The number of carbonyl (C=O) groups excluding carboxylic acids is 2. The molecule has 0 aliphatic rings. The third-order valence-electron chi connectivity index (χ3n) is 8.47. The van der Waals surface area contributed by atoms with E-state index < -0.39 is 62.5 Å². The molecule has 2 aromatic carbocycles. The molecule has 0 saturated carbocycles. The van der Waals surface area contributed by atoms with E-state index >= 15 is 0 Å². The van der Waals surface area contributed by atoms with Gasteiger partial charge in [-0.2, -0.15) is 0 Å².